The van der Waals surface area contributed by atoms with Crippen LogP contribution < -0.4 is 14.0 Å². The van der Waals surface area contributed by atoms with Gasteiger partial charge in [-0.05, 0) is 35.6 Å². The minimum Gasteiger partial charge on any atom is -0.182 e. The average molecular weight is 231 g/mol. The van der Waals surface area contributed by atoms with Crippen molar-refractivity contribution in [2.45, 2.75) is 13.8 Å². The van der Waals surface area contributed by atoms with Crippen molar-refractivity contribution < 1.29 is 28.0 Å². The summed E-state index contributed by atoms with van der Waals surface area (Å²) in [4.78, 5) is 1.72. The molecule has 0 saturated carbocycles. The zero-order valence-electron chi connectivity index (χ0n) is 6.40. The maximum absolute atomic E-state index is 10.2. The normalized spacial score (nSPS) is 24.6. The average Bonchev–Trinajstić information content (AvgIpc) is 2.06. The van der Waals surface area contributed by atoms with E-state index in [1.54, 1.807) is 13.0 Å². The van der Waals surface area contributed by atoms with Crippen LogP contribution in [0.2, 0.25) is 0 Å². The minimum atomic E-state index is -4.31. The van der Waals surface area contributed by atoms with Gasteiger partial charge in [0.1, 0.15) is 3.74 Å². The molecule has 1 heterocycles. The molecule has 0 saturated heterocycles. The summed E-state index contributed by atoms with van der Waals surface area (Å²) in [6.07, 6.45) is 1.80. The van der Waals surface area contributed by atoms with E-state index in [2.05, 4.69) is 3.74 Å². The van der Waals surface area contributed by atoms with Crippen LogP contribution in [0.5, 0.6) is 0 Å². The molecule has 1 atom stereocenters. The van der Waals surface area contributed by atoms with Crippen molar-refractivity contribution in [1.82, 2.24) is 0 Å². The second-order valence-electron chi connectivity index (χ2n) is 2.12. The zero-order valence-corrected chi connectivity index (χ0v) is 8.79. The molecular weight excluding hydrogens is 224 g/mol. The molecule has 0 aromatic heterocycles. The molecule has 0 radical (unpaired) electrons. The largest absolute Gasteiger partial charge is 0.182 e. The van der Waals surface area contributed by atoms with Crippen LogP contribution in [0.25, 0.3) is 0 Å². The highest BCUT2D eigenvalue weighted by atomic mass is 35.7. The Bertz CT molecular complexity index is 255. The molecule has 1 aliphatic heterocycles. The number of hydrogen-bond donors (Lipinski definition) is 0. The quantitative estimate of drug-likeness (QED) is 0.442. The van der Waals surface area contributed by atoms with Crippen LogP contribution in [0.1, 0.15) is 13.8 Å². The van der Waals surface area contributed by atoms with Crippen molar-refractivity contribution in [2.24, 2.45) is 0 Å². The molecule has 0 amide bonds. The monoisotopic (exact) mass is 230 g/mol. The van der Waals surface area contributed by atoms with Gasteiger partial charge in [-0.3, -0.25) is 0 Å². The fourth-order valence-electron chi connectivity index (χ4n) is 0.676. The third kappa shape index (κ3) is 3.06. The smallest absolute Gasteiger partial charge is 0.174 e. The standard InChI is InChI=1S/C5H7ClO4S2/c1-4-3-5(2)12(11-4)10-6(7,8)9/h3H,1-2H3. The molecule has 0 spiro atoms. The van der Waals surface area contributed by atoms with E-state index in [-0.39, 0.29) is 0 Å². The van der Waals surface area contributed by atoms with E-state index in [4.69, 9.17) is 0 Å². The molecule has 12 heavy (non-hydrogen) atoms. The SMILES string of the molecule is CC1=CC(C)=S(O[Cl+3]([O-])([O-])[O-])S1. The van der Waals surface area contributed by atoms with Crippen molar-refractivity contribution >= 4 is 25.5 Å². The summed E-state index contributed by atoms with van der Waals surface area (Å²) in [6, 6.07) is 0. The lowest BCUT2D eigenvalue weighted by Crippen LogP contribution is -2.60. The topological polar surface area (TPSA) is 78.4 Å². The van der Waals surface area contributed by atoms with E-state index < -0.39 is 20.0 Å². The van der Waals surface area contributed by atoms with E-state index in [1.807, 2.05) is 6.92 Å². The Labute approximate surface area is 78.5 Å². The van der Waals surface area contributed by atoms with Gasteiger partial charge in [0.25, 0.3) is 0 Å². The van der Waals surface area contributed by atoms with Gasteiger partial charge >= 0.3 is 0 Å². The maximum Gasteiger partial charge on any atom is 0.174 e. The Kier molecular flexibility index (Phi) is 3.21. The molecule has 0 fully saturated rings. The fourth-order valence-corrected chi connectivity index (χ4v) is 4.88. The van der Waals surface area contributed by atoms with Crippen LogP contribution >= 0.6 is 20.6 Å². The zero-order chi connectivity index (χ0) is 9.35. The number of halogens is 1. The Morgan fingerprint density at radius 3 is 2.33 bits per heavy atom. The van der Waals surface area contributed by atoms with Gasteiger partial charge in [0.15, 0.2) is 9.80 Å². The van der Waals surface area contributed by atoms with Gasteiger partial charge in [0.05, 0.1) is 10.2 Å². The summed E-state index contributed by atoms with van der Waals surface area (Å²) < 4.78 is 34.8. The van der Waals surface area contributed by atoms with Crippen LogP contribution in [0.3, 0.4) is 0 Å². The summed E-state index contributed by atoms with van der Waals surface area (Å²) in [7, 11) is -4.01. The Morgan fingerprint density at radius 2 is 2.00 bits per heavy atom. The molecule has 0 aromatic carbocycles. The number of allylic oxidation sites excluding steroid dienone is 2. The van der Waals surface area contributed by atoms with Crippen LogP contribution in [0, 0.1) is 10.2 Å². The molecule has 7 heteroatoms. The first-order valence-corrected chi connectivity index (χ1v) is 6.65. The van der Waals surface area contributed by atoms with Gasteiger partial charge in [-0.2, -0.15) is 14.0 Å². The Balaban J connectivity index is 2.64. The summed E-state index contributed by atoms with van der Waals surface area (Å²) in [5.41, 5.74) is 0. The number of hydrogen-bond acceptors (Lipinski definition) is 5. The van der Waals surface area contributed by atoms with E-state index >= 15 is 0 Å². The Hall–Kier alpha value is 0.440. The lowest BCUT2D eigenvalue weighted by atomic mass is 10.4. The van der Waals surface area contributed by atoms with E-state index in [1.165, 1.54) is 10.8 Å². The van der Waals surface area contributed by atoms with Crippen LogP contribution in [-0.2, 0) is 3.74 Å². The third-order valence-electron chi connectivity index (χ3n) is 1.01. The maximum atomic E-state index is 10.2. The van der Waals surface area contributed by atoms with Crippen molar-refractivity contribution in [3.05, 3.63) is 11.0 Å². The second kappa shape index (κ2) is 3.67. The van der Waals surface area contributed by atoms with E-state index in [0.717, 1.165) is 9.77 Å². The predicted molar refractivity (Wildman–Crippen MR) is 40.7 cm³/mol. The van der Waals surface area contributed by atoms with Crippen molar-refractivity contribution in [1.29, 1.82) is 0 Å². The molecule has 1 aliphatic rings. The predicted octanol–water partition coefficient (Wildman–Crippen LogP) is -1.16. The summed E-state index contributed by atoms with van der Waals surface area (Å²) >= 11 is 0. The molecular formula is C5H7ClO4S2. The van der Waals surface area contributed by atoms with Crippen molar-refractivity contribution in [3.8, 4) is 0 Å². The van der Waals surface area contributed by atoms with Gasteiger partial charge in [0.2, 0.25) is 0 Å². The lowest BCUT2D eigenvalue weighted by molar-refractivity contribution is -1.91. The minimum absolute atomic E-state index is 0.768. The van der Waals surface area contributed by atoms with Gasteiger partial charge in [-0.25, -0.2) is 0 Å². The highest BCUT2D eigenvalue weighted by Crippen LogP contribution is 2.45. The van der Waals surface area contributed by atoms with Crippen LogP contribution in [0.4, 0.5) is 0 Å². The molecule has 0 N–H and O–H groups in total. The summed E-state index contributed by atoms with van der Waals surface area (Å²) in [5, 5.41) is 0. The first-order chi connectivity index (χ1) is 5.38. The van der Waals surface area contributed by atoms with E-state index in [0.29, 0.717) is 0 Å². The molecule has 70 valence electrons. The van der Waals surface area contributed by atoms with Gasteiger partial charge in [-0.1, -0.05) is 0 Å². The number of rotatable bonds is 2. The molecule has 0 aliphatic carbocycles. The molecule has 0 aromatic rings. The first kappa shape index (κ1) is 10.5. The van der Waals surface area contributed by atoms with Gasteiger partial charge in [0, 0.05) is 4.86 Å². The highest BCUT2D eigenvalue weighted by molar-refractivity contribution is 8.83. The molecule has 0 bridgehead atoms. The third-order valence-corrected chi connectivity index (χ3v) is 5.76. The summed E-state index contributed by atoms with van der Waals surface area (Å²) in [5.74, 6) is 0. The first-order valence-electron chi connectivity index (χ1n) is 2.94. The molecule has 1 rings (SSSR count). The Morgan fingerprint density at radius 1 is 1.42 bits per heavy atom. The second-order valence-corrected chi connectivity index (χ2v) is 6.72. The van der Waals surface area contributed by atoms with Crippen molar-refractivity contribution in [3.63, 3.8) is 0 Å². The highest BCUT2D eigenvalue weighted by Gasteiger charge is 2.27. The van der Waals surface area contributed by atoms with Crippen LogP contribution in [-0.4, -0.2) is 4.86 Å². The fraction of sp³-hybridized carbons (Fsp3) is 0.400. The van der Waals surface area contributed by atoms with Crippen LogP contribution in [0.15, 0.2) is 11.0 Å². The van der Waals surface area contributed by atoms with Gasteiger partial charge < -0.3 is 0 Å². The lowest BCUT2D eigenvalue weighted by Gasteiger charge is -2.12. The molecule has 1 unspecified atom stereocenters. The molecule has 4 nitrogen and oxygen atoms in total. The van der Waals surface area contributed by atoms with E-state index in [9.17, 15) is 14.0 Å². The van der Waals surface area contributed by atoms with Gasteiger partial charge in [-0.15, -0.1) is 0 Å². The van der Waals surface area contributed by atoms with Crippen molar-refractivity contribution in [2.75, 3.05) is 0 Å². The summed E-state index contributed by atoms with van der Waals surface area (Å²) in [6.45, 7) is 3.56.